The van der Waals surface area contributed by atoms with E-state index in [-0.39, 0.29) is 12.5 Å². The Kier molecular flexibility index (Phi) is 6.63. The fraction of sp³-hybridized carbons (Fsp3) is 1.00. The largest absolute Gasteiger partial charge is 0.388 e. The summed E-state index contributed by atoms with van der Waals surface area (Å²) < 4.78 is 37.9. The molecule has 9 heteroatoms. The van der Waals surface area contributed by atoms with Gasteiger partial charge < -0.3 is 20.1 Å². The Balaban J connectivity index is 2.01. The first kappa shape index (κ1) is 20.0. The third-order valence-corrected chi connectivity index (χ3v) is 5.60. The molecule has 1 saturated heterocycles. The number of aliphatic hydroxyl groups is 3. The van der Waals surface area contributed by atoms with Crippen LogP contribution in [0.3, 0.4) is 0 Å². The Bertz CT molecular complexity index is 512. The lowest BCUT2D eigenvalue weighted by Gasteiger charge is -2.43. The van der Waals surface area contributed by atoms with E-state index >= 15 is 0 Å². The second-order valence-corrected chi connectivity index (χ2v) is 8.74. The van der Waals surface area contributed by atoms with E-state index in [0.29, 0.717) is 11.8 Å². The molecule has 1 saturated carbocycles. The highest BCUT2D eigenvalue weighted by atomic mass is 32.2. The van der Waals surface area contributed by atoms with Crippen LogP contribution in [0.4, 0.5) is 0 Å². The summed E-state index contributed by atoms with van der Waals surface area (Å²) in [5.41, 5.74) is 0. The molecule has 0 amide bonds. The van der Waals surface area contributed by atoms with Gasteiger partial charge in [-0.25, -0.2) is 0 Å². The van der Waals surface area contributed by atoms with Gasteiger partial charge >= 0.3 is 10.3 Å². The summed E-state index contributed by atoms with van der Waals surface area (Å²) in [6.45, 7) is 3.95. The maximum atomic E-state index is 10.8. The molecule has 0 aromatic rings. The second kappa shape index (κ2) is 7.94. The van der Waals surface area contributed by atoms with Gasteiger partial charge in [0.2, 0.25) is 0 Å². The van der Waals surface area contributed by atoms with Crippen LogP contribution in [0.15, 0.2) is 0 Å². The molecular formula is C15H29NO7S. The topological polar surface area (TPSA) is 136 Å². The summed E-state index contributed by atoms with van der Waals surface area (Å²) in [6, 6.07) is 0. The minimum absolute atomic E-state index is 0.0548. The van der Waals surface area contributed by atoms with E-state index in [9.17, 15) is 23.7 Å². The van der Waals surface area contributed by atoms with E-state index in [1.54, 1.807) is 0 Å². The van der Waals surface area contributed by atoms with E-state index in [4.69, 9.17) is 9.29 Å². The van der Waals surface area contributed by atoms with Crippen molar-refractivity contribution in [1.82, 2.24) is 4.72 Å². The first-order valence-electron chi connectivity index (χ1n) is 8.50. The van der Waals surface area contributed by atoms with Crippen LogP contribution in [-0.2, 0) is 15.0 Å². The minimum atomic E-state index is -4.42. The van der Waals surface area contributed by atoms with Crippen LogP contribution in [0, 0.1) is 17.8 Å². The third-order valence-electron chi connectivity index (χ3n) is 5.07. The predicted molar refractivity (Wildman–Crippen MR) is 86.5 cm³/mol. The van der Waals surface area contributed by atoms with Gasteiger partial charge in [-0.15, -0.1) is 0 Å². The van der Waals surface area contributed by atoms with E-state index in [1.807, 2.05) is 4.72 Å². The van der Waals surface area contributed by atoms with Crippen LogP contribution in [0.25, 0.3) is 0 Å². The molecule has 0 spiro atoms. The van der Waals surface area contributed by atoms with Gasteiger partial charge in [-0.2, -0.15) is 13.1 Å². The van der Waals surface area contributed by atoms with Gasteiger partial charge in [0.1, 0.15) is 24.4 Å². The lowest BCUT2D eigenvalue weighted by molar-refractivity contribution is -0.232. The molecule has 0 aromatic heterocycles. The van der Waals surface area contributed by atoms with Crippen molar-refractivity contribution in [3.8, 4) is 0 Å². The summed E-state index contributed by atoms with van der Waals surface area (Å²) in [5, 5.41) is 30.3. The molecule has 2 rings (SSSR count). The summed E-state index contributed by atoms with van der Waals surface area (Å²) in [6.07, 6.45) is -1.89. The molecule has 1 aliphatic carbocycles. The first-order chi connectivity index (χ1) is 11.1. The minimum Gasteiger partial charge on any atom is -0.388 e. The van der Waals surface area contributed by atoms with Gasteiger partial charge in [0.15, 0.2) is 0 Å². The van der Waals surface area contributed by atoms with Crippen LogP contribution in [-0.4, -0.2) is 65.4 Å². The number of nitrogens with one attached hydrogen (secondary N) is 1. The zero-order valence-electron chi connectivity index (χ0n) is 14.1. The van der Waals surface area contributed by atoms with Crippen LogP contribution >= 0.6 is 0 Å². The molecule has 2 aliphatic rings. The highest BCUT2D eigenvalue weighted by Gasteiger charge is 2.47. The summed E-state index contributed by atoms with van der Waals surface area (Å²) >= 11 is 0. The molecule has 8 nitrogen and oxygen atoms in total. The Labute approximate surface area is 143 Å². The maximum Gasteiger partial charge on any atom is 0.333 e. The number of aliphatic hydroxyl groups excluding tert-OH is 3. The zero-order valence-corrected chi connectivity index (χ0v) is 14.9. The summed E-state index contributed by atoms with van der Waals surface area (Å²) in [7, 11) is -4.42. The van der Waals surface area contributed by atoms with Gasteiger partial charge in [0.05, 0.1) is 6.10 Å². The number of ether oxygens (including phenoxy) is 1. The summed E-state index contributed by atoms with van der Waals surface area (Å²) in [4.78, 5) is 0. The number of rotatable bonds is 6. The molecule has 1 heterocycles. The lowest BCUT2D eigenvalue weighted by Crippen LogP contribution is -2.61. The lowest BCUT2D eigenvalue weighted by atomic mass is 9.86. The van der Waals surface area contributed by atoms with Crippen LogP contribution in [0.5, 0.6) is 0 Å². The fourth-order valence-electron chi connectivity index (χ4n) is 4.02. The Morgan fingerprint density at radius 2 is 1.79 bits per heavy atom. The second-order valence-electron chi connectivity index (χ2n) is 7.50. The molecule has 1 aliphatic heterocycles. The monoisotopic (exact) mass is 367 g/mol. The average molecular weight is 367 g/mol. The van der Waals surface area contributed by atoms with Gasteiger partial charge in [-0.3, -0.25) is 4.55 Å². The van der Waals surface area contributed by atoms with Crippen molar-refractivity contribution in [2.75, 3.05) is 6.54 Å². The molecule has 24 heavy (non-hydrogen) atoms. The summed E-state index contributed by atoms with van der Waals surface area (Å²) in [5.74, 6) is 1.19. The van der Waals surface area contributed by atoms with Crippen molar-refractivity contribution in [1.29, 1.82) is 0 Å². The van der Waals surface area contributed by atoms with Crippen molar-refractivity contribution in [3.63, 3.8) is 0 Å². The molecule has 7 atom stereocenters. The number of hydrogen-bond acceptors (Lipinski definition) is 6. The quantitative estimate of drug-likeness (QED) is 0.406. The smallest absolute Gasteiger partial charge is 0.333 e. The fourth-order valence-corrected chi connectivity index (χ4v) is 4.39. The predicted octanol–water partition coefficient (Wildman–Crippen LogP) is -0.309. The molecule has 0 bridgehead atoms. The average Bonchev–Trinajstić information content (AvgIpc) is 2.90. The number of hydrogen-bond donors (Lipinski definition) is 5. The van der Waals surface area contributed by atoms with Crippen molar-refractivity contribution in [2.24, 2.45) is 17.8 Å². The highest BCUT2D eigenvalue weighted by molar-refractivity contribution is 7.83. The van der Waals surface area contributed by atoms with Crippen LogP contribution < -0.4 is 4.72 Å². The first-order valence-corrected chi connectivity index (χ1v) is 9.94. The van der Waals surface area contributed by atoms with Crippen LogP contribution in [0.1, 0.15) is 39.5 Å². The van der Waals surface area contributed by atoms with Crippen molar-refractivity contribution >= 4 is 10.3 Å². The zero-order chi connectivity index (χ0) is 18.1. The molecule has 0 aromatic carbocycles. The van der Waals surface area contributed by atoms with Crippen molar-refractivity contribution < 1.29 is 33.0 Å². The van der Waals surface area contributed by atoms with E-state index in [2.05, 4.69) is 13.8 Å². The molecular weight excluding hydrogens is 338 g/mol. The van der Waals surface area contributed by atoms with E-state index in [1.165, 1.54) is 0 Å². The molecule has 5 N–H and O–H groups in total. The van der Waals surface area contributed by atoms with Gasteiger partial charge in [-0.05, 0) is 37.0 Å². The molecule has 0 radical (unpaired) electrons. The molecule has 2 fully saturated rings. The Morgan fingerprint density at radius 3 is 2.38 bits per heavy atom. The third kappa shape index (κ3) is 5.10. The van der Waals surface area contributed by atoms with Crippen LogP contribution in [0.2, 0.25) is 0 Å². The van der Waals surface area contributed by atoms with Gasteiger partial charge in [0.25, 0.3) is 0 Å². The SMILES string of the molecule is CC(C)CC1CCC(C2O[C@H](CNS(=O)(=O)O)[C@@H](O)[C@H](O)[C@@H]2O)C1. The van der Waals surface area contributed by atoms with Gasteiger partial charge in [-0.1, -0.05) is 20.3 Å². The van der Waals surface area contributed by atoms with Gasteiger partial charge in [0, 0.05) is 6.54 Å². The highest BCUT2D eigenvalue weighted by Crippen LogP contribution is 2.40. The molecule has 142 valence electrons. The van der Waals surface area contributed by atoms with Crippen molar-refractivity contribution in [2.45, 2.75) is 70.1 Å². The Hall–Kier alpha value is -0.290. The van der Waals surface area contributed by atoms with Crippen molar-refractivity contribution in [3.05, 3.63) is 0 Å². The molecule has 3 unspecified atom stereocenters. The Morgan fingerprint density at radius 1 is 1.12 bits per heavy atom. The normalized spacial score (nSPS) is 41.0. The standard InChI is InChI=1S/C15H29NO7S/c1-8(2)5-9-3-4-10(6-9)15-14(19)13(18)12(17)11(23-15)7-16-24(20,21)22/h8-19H,3-7H2,1-2H3,(H,20,21,22)/t9?,10?,11-,12-,13+,14+,15?/m1/s1. The van der Waals surface area contributed by atoms with E-state index in [0.717, 1.165) is 25.7 Å². The van der Waals surface area contributed by atoms with E-state index < -0.39 is 40.8 Å². The maximum absolute atomic E-state index is 10.8.